The van der Waals surface area contributed by atoms with Crippen LogP contribution in [0, 0.1) is 22.7 Å². The van der Waals surface area contributed by atoms with E-state index in [2.05, 4.69) is 53.9 Å². The molecule has 0 aliphatic rings. The van der Waals surface area contributed by atoms with Gasteiger partial charge in [-0.15, -0.1) is 0 Å². The van der Waals surface area contributed by atoms with Crippen LogP contribution in [-0.4, -0.2) is 36.8 Å². The first-order chi connectivity index (χ1) is 10.1. The van der Waals surface area contributed by atoms with Crippen molar-refractivity contribution < 1.29 is 0 Å². The summed E-state index contributed by atoms with van der Waals surface area (Å²) in [6, 6.07) is 8.85. The summed E-state index contributed by atoms with van der Waals surface area (Å²) in [6.45, 7) is 0. The van der Waals surface area contributed by atoms with Crippen LogP contribution in [0.3, 0.4) is 0 Å². The van der Waals surface area contributed by atoms with Crippen LogP contribution in [0.2, 0.25) is 29.6 Å². The average molecular weight is 542 g/mol. The Morgan fingerprint density at radius 1 is 0.727 bits per heavy atom. The molecule has 0 radical (unpaired) electrons. The fourth-order valence-electron chi connectivity index (χ4n) is 2.02. The molecule has 0 atom stereocenters. The standard InChI is InChI=1S/C10H2N2S2.6CH3.2Sn/c11-5-7-1-3-13-9(7)10-8(6-12)2-4-14-10;;;;;;;;/h1-2H;6*1H3;;. The second-order valence-corrected chi connectivity index (χ2v) is 40.4. The van der Waals surface area contributed by atoms with Crippen molar-refractivity contribution in [2.45, 2.75) is 29.6 Å². The zero-order chi connectivity index (χ0) is 16.7. The van der Waals surface area contributed by atoms with Gasteiger partial charge in [0.2, 0.25) is 0 Å². The maximum absolute atomic E-state index is 9.50. The van der Waals surface area contributed by atoms with Gasteiger partial charge in [0.25, 0.3) is 0 Å². The predicted octanol–water partition coefficient (Wildman–Crippen LogP) is 4.31. The molecule has 0 aromatic carbocycles. The molecule has 2 aromatic rings. The predicted molar refractivity (Wildman–Crippen MR) is 103 cm³/mol. The molecule has 6 heteroatoms. The van der Waals surface area contributed by atoms with Gasteiger partial charge in [0.05, 0.1) is 0 Å². The SMILES string of the molecule is [CH3][Sn]([CH3])([CH3])[c]1cc(C#N)c(-c2s[c]([Sn]([CH3])([CH3])[CH3])cc2C#N)s1. The minimum absolute atomic E-state index is 0.751. The molecule has 2 aromatic heterocycles. The molecule has 0 aliphatic carbocycles. The van der Waals surface area contributed by atoms with Crippen LogP contribution in [0.4, 0.5) is 0 Å². The molecule has 0 amide bonds. The Morgan fingerprint density at radius 3 is 1.27 bits per heavy atom. The quantitative estimate of drug-likeness (QED) is 0.544. The Morgan fingerprint density at radius 2 is 1.05 bits per heavy atom. The van der Waals surface area contributed by atoms with Gasteiger partial charge in [-0.1, -0.05) is 0 Å². The number of hydrogen-bond acceptors (Lipinski definition) is 4. The second kappa shape index (κ2) is 6.47. The molecule has 2 nitrogen and oxygen atoms in total. The summed E-state index contributed by atoms with van der Waals surface area (Å²) in [5.41, 5.74) is 1.50. The molecule has 0 N–H and O–H groups in total. The molecule has 22 heavy (non-hydrogen) atoms. The Bertz CT molecular complexity index is 722. The Labute approximate surface area is 149 Å². The monoisotopic (exact) mass is 544 g/mol. The van der Waals surface area contributed by atoms with Gasteiger partial charge in [-0.05, 0) is 0 Å². The topological polar surface area (TPSA) is 47.6 Å². The third-order valence-electron chi connectivity index (χ3n) is 3.39. The van der Waals surface area contributed by atoms with Crippen molar-refractivity contribution in [2.75, 3.05) is 0 Å². The third kappa shape index (κ3) is 3.72. The van der Waals surface area contributed by atoms with Crippen molar-refractivity contribution in [2.24, 2.45) is 0 Å². The van der Waals surface area contributed by atoms with E-state index in [1.165, 1.54) is 5.79 Å². The van der Waals surface area contributed by atoms with Crippen molar-refractivity contribution in [3.05, 3.63) is 23.3 Å². The Balaban J connectivity index is 2.68. The number of nitriles is 2. The van der Waals surface area contributed by atoms with E-state index in [1.54, 1.807) is 22.7 Å². The zero-order valence-electron chi connectivity index (χ0n) is 13.9. The first-order valence-corrected chi connectivity index (χ1v) is 28.8. The fourth-order valence-corrected chi connectivity index (χ4v) is 14.8. The third-order valence-corrected chi connectivity index (χ3v) is 24.7. The van der Waals surface area contributed by atoms with Crippen LogP contribution in [0.1, 0.15) is 11.1 Å². The van der Waals surface area contributed by atoms with Crippen LogP contribution >= 0.6 is 22.7 Å². The van der Waals surface area contributed by atoms with Gasteiger partial charge in [0.15, 0.2) is 0 Å². The minimum atomic E-state index is -2.20. The molecule has 0 unspecified atom stereocenters. The summed E-state index contributed by atoms with van der Waals surface area (Å²) < 4.78 is 2.80. The van der Waals surface area contributed by atoms with Gasteiger partial charge < -0.3 is 0 Å². The number of thiophene rings is 2. The summed E-state index contributed by atoms with van der Waals surface area (Å²) in [5, 5.41) is 19.0. The van der Waals surface area contributed by atoms with Gasteiger partial charge >= 0.3 is 151 Å². The van der Waals surface area contributed by atoms with Gasteiger partial charge in [-0.25, -0.2) is 0 Å². The summed E-state index contributed by atoms with van der Waals surface area (Å²) >= 11 is -0.896. The summed E-state index contributed by atoms with van der Waals surface area (Å²) in [7, 11) is 0. The van der Waals surface area contributed by atoms with E-state index in [0.717, 1.165) is 20.9 Å². The molecular weight excluding hydrogens is 522 g/mol. The average Bonchev–Trinajstić information content (AvgIpc) is 3.00. The molecule has 0 fully saturated rings. The van der Waals surface area contributed by atoms with E-state index in [-0.39, 0.29) is 0 Å². The molecule has 0 aliphatic heterocycles. The van der Waals surface area contributed by atoms with Crippen molar-refractivity contribution in [3.8, 4) is 21.9 Å². The Kier molecular flexibility index (Phi) is 5.39. The zero-order valence-corrected chi connectivity index (χ0v) is 21.2. The molecule has 2 rings (SSSR count). The molecule has 0 bridgehead atoms. The van der Waals surface area contributed by atoms with Gasteiger partial charge in [-0.2, -0.15) is 0 Å². The molecular formula is C16H20N2S2Sn2. The van der Waals surface area contributed by atoms with Crippen LogP contribution in [0.15, 0.2) is 12.1 Å². The first-order valence-electron chi connectivity index (χ1n) is 7.17. The van der Waals surface area contributed by atoms with Crippen molar-refractivity contribution in [3.63, 3.8) is 0 Å². The molecule has 2 heterocycles. The van der Waals surface area contributed by atoms with Crippen molar-refractivity contribution in [1.29, 1.82) is 10.5 Å². The van der Waals surface area contributed by atoms with Crippen LogP contribution in [-0.2, 0) is 0 Å². The normalized spacial score (nSPS) is 12.0. The van der Waals surface area contributed by atoms with Crippen molar-refractivity contribution in [1.82, 2.24) is 0 Å². The number of nitrogens with zero attached hydrogens (tertiary/aromatic N) is 2. The van der Waals surface area contributed by atoms with E-state index in [9.17, 15) is 10.5 Å². The van der Waals surface area contributed by atoms with Gasteiger partial charge in [0.1, 0.15) is 0 Å². The van der Waals surface area contributed by atoms with E-state index in [1.807, 2.05) is 0 Å². The van der Waals surface area contributed by atoms with E-state index < -0.39 is 36.8 Å². The summed E-state index contributed by atoms with van der Waals surface area (Å²) in [5.74, 6) is 0. The molecule has 0 saturated heterocycles. The van der Waals surface area contributed by atoms with Gasteiger partial charge in [-0.3, -0.25) is 0 Å². The van der Waals surface area contributed by atoms with Crippen LogP contribution < -0.4 is 5.79 Å². The van der Waals surface area contributed by atoms with E-state index >= 15 is 0 Å². The number of rotatable bonds is 3. The maximum atomic E-state index is 9.50. The second-order valence-electron chi connectivity index (χ2n) is 7.43. The van der Waals surface area contributed by atoms with Crippen LogP contribution in [0.5, 0.6) is 0 Å². The Hall–Kier alpha value is -0.0226. The van der Waals surface area contributed by atoms with Crippen molar-refractivity contribution >= 4 is 65.2 Å². The fraction of sp³-hybridized carbons (Fsp3) is 0.375. The first kappa shape index (κ1) is 18.3. The summed E-state index contributed by atoms with van der Waals surface area (Å²) in [4.78, 5) is 16.2. The van der Waals surface area contributed by atoms with E-state index in [4.69, 9.17) is 0 Å². The molecule has 0 saturated carbocycles. The van der Waals surface area contributed by atoms with Crippen LogP contribution in [0.25, 0.3) is 9.75 Å². The van der Waals surface area contributed by atoms with E-state index in [0.29, 0.717) is 0 Å². The van der Waals surface area contributed by atoms with Gasteiger partial charge in [0, 0.05) is 0 Å². The number of hydrogen-bond donors (Lipinski definition) is 0. The summed E-state index contributed by atoms with van der Waals surface area (Å²) in [6.07, 6.45) is 0. The molecule has 114 valence electrons. The molecule has 0 spiro atoms.